The molecule has 0 saturated heterocycles. The number of fused-ring (bicyclic) bond motifs is 10. The number of H-pyrrole nitrogens is 1. The summed E-state index contributed by atoms with van der Waals surface area (Å²) in [4.78, 5) is 4.34. The summed E-state index contributed by atoms with van der Waals surface area (Å²) in [6, 6.07) is 44.0. The molecule has 206 valence electrons. The Hall–Kier alpha value is -4.57. The van der Waals surface area contributed by atoms with Gasteiger partial charge in [0.1, 0.15) is 11.2 Å². The third kappa shape index (κ3) is 4.31. The molecular weight excluding hydrogens is 718 g/mol. The third-order valence-electron chi connectivity index (χ3n) is 8.03. The van der Waals surface area contributed by atoms with Gasteiger partial charge in [0.2, 0.25) is 0 Å². The van der Waals surface area contributed by atoms with Crippen LogP contribution in [-0.4, -0.2) is 16.6 Å². The Labute approximate surface area is 268 Å². The molecule has 0 aliphatic heterocycles. The Bertz CT molecular complexity index is 2420. The fourth-order valence-electron chi connectivity index (χ4n) is 6.21. The van der Waals surface area contributed by atoms with Crippen LogP contribution in [0, 0.1) is 0 Å². The Balaban J connectivity index is 0.000000153. The van der Waals surface area contributed by atoms with Gasteiger partial charge in [0, 0.05) is 49.0 Å². The summed E-state index contributed by atoms with van der Waals surface area (Å²) in [5.74, 6) is 0. The Morgan fingerprint density at radius 2 is 1.28 bits per heavy atom. The van der Waals surface area contributed by atoms with E-state index in [1.54, 1.807) is 7.05 Å². The minimum atomic E-state index is 0. The van der Waals surface area contributed by atoms with Gasteiger partial charge in [-0.3, -0.25) is 0 Å². The van der Waals surface area contributed by atoms with E-state index in [4.69, 9.17) is 17.0 Å². The maximum Gasteiger partial charge on any atom is 2.00 e. The molecule has 0 aliphatic carbocycles. The molecule has 9 aromatic rings. The predicted molar refractivity (Wildman–Crippen MR) is 178 cm³/mol. The van der Waals surface area contributed by atoms with Gasteiger partial charge in [0.25, 0.3) is 0 Å². The number of furan rings is 1. The number of aromatic amines is 1. The maximum absolute atomic E-state index is 5.72. The van der Waals surface area contributed by atoms with E-state index < -0.39 is 0 Å². The van der Waals surface area contributed by atoms with Crippen LogP contribution < -0.4 is 0 Å². The molecule has 0 fully saturated rings. The van der Waals surface area contributed by atoms with E-state index in [9.17, 15) is 0 Å². The molecule has 0 atom stereocenters. The Morgan fingerprint density at radius 3 is 2.09 bits per heavy atom. The van der Waals surface area contributed by atoms with Crippen LogP contribution in [0.5, 0.6) is 0 Å². The van der Waals surface area contributed by atoms with Gasteiger partial charge in [0.05, 0.1) is 11.0 Å². The standard InChI is InChI=1S/C24H16N2.C13H10NOS.W/c1-2-8-16(9-3-1)26-21-13-7-5-11-18(21)24-22(26)15-14-20-23(24)17-10-4-6-12-19(17)25-20;1-14-9-6-7-11-12(13(9)16)8-4-2-3-5-10(8)15-11;/h1-15,25H;2-7,16H,1H3;/q;-1;+2/p-1. The molecule has 3 heterocycles. The van der Waals surface area contributed by atoms with E-state index >= 15 is 0 Å². The summed E-state index contributed by atoms with van der Waals surface area (Å²) >= 11 is 5.42. The largest absolute Gasteiger partial charge is 2.00 e. The van der Waals surface area contributed by atoms with Crippen molar-refractivity contribution in [2.45, 2.75) is 4.90 Å². The second-order valence-electron chi connectivity index (χ2n) is 10.3. The van der Waals surface area contributed by atoms with Crippen LogP contribution in [0.25, 0.3) is 76.6 Å². The van der Waals surface area contributed by atoms with E-state index in [1.165, 1.54) is 49.3 Å². The second kappa shape index (κ2) is 10.9. The first-order valence-corrected chi connectivity index (χ1v) is 14.3. The fourth-order valence-corrected chi connectivity index (χ4v) is 6.58. The first-order valence-electron chi connectivity index (χ1n) is 13.9. The van der Waals surface area contributed by atoms with E-state index in [-0.39, 0.29) is 21.1 Å². The molecule has 0 aliphatic rings. The van der Waals surface area contributed by atoms with E-state index in [2.05, 4.69) is 106 Å². The molecule has 3 aromatic heterocycles. The molecule has 43 heavy (non-hydrogen) atoms. The quantitative estimate of drug-likeness (QED) is 0.179. The van der Waals surface area contributed by atoms with Crippen molar-refractivity contribution in [1.82, 2.24) is 9.55 Å². The number of rotatable bonds is 2. The van der Waals surface area contributed by atoms with Crippen LogP contribution in [0.4, 0.5) is 5.69 Å². The van der Waals surface area contributed by atoms with Crippen LogP contribution >= 0.6 is 0 Å². The van der Waals surface area contributed by atoms with Crippen molar-refractivity contribution in [2.24, 2.45) is 0 Å². The van der Waals surface area contributed by atoms with Gasteiger partial charge in [-0.15, -0.1) is 7.05 Å². The van der Waals surface area contributed by atoms with Crippen LogP contribution in [-0.2, 0) is 33.7 Å². The number of nitrogens with one attached hydrogen (secondary N) is 1. The zero-order valence-corrected chi connectivity index (χ0v) is 27.0. The number of hydrogen-bond acceptors (Lipinski definition) is 2. The fraction of sp³-hybridized carbons (Fsp3) is 0.0270. The predicted octanol–water partition coefficient (Wildman–Crippen LogP) is 10.5. The molecule has 0 spiro atoms. The SMILES string of the molecule is C[N-]c1ccc2oc3ccccc3c2c1[S-].[W+2].c1ccc(-n2c3ccccc3c3c4c(ccc32)[nH]c2ccccc24)cc1. The number of para-hydroxylation sites is 4. The van der Waals surface area contributed by atoms with Crippen molar-refractivity contribution in [1.29, 1.82) is 0 Å². The average Bonchev–Trinajstić information content (AvgIpc) is 3.71. The molecule has 0 radical (unpaired) electrons. The van der Waals surface area contributed by atoms with E-state index in [1.807, 2.05) is 36.4 Å². The monoisotopic (exact) mass is 743 g/mol. The van der Waals surface area contributed by atoms with Crippen LogP contribution in [0.1, 0.15) is 0 Å². The van der Waals surface area contributed by atoms with Gasteiger partial charge in [-0.2, -0.15) is 10.6 Å². The molecular formula is C37H25N3OSW. The average molecular weight is 744 g/mol. The van der Waals surface area contributed by atoms with Crippen LogP contribution in [0.3, 0.4) is 0 Å². The van der Waals surface area contributed by atoms with Gasteiger partial charge in [-0.1, -0.05) is 78.9 Å². The molecule has 0 bridgehead atoms. The zero-order chi connectivity index (χ0) is 28.2. The van der Waals surface area contributed by atoms with Gasteiger partial charge >= 0.3 is 21.1 Å². The molecule has 6 heteroatoms. The Kier molecular flexibility index (Phi) is 6.93. The van der Waals surface area contributed by atoms with Crippen molar-refractivity contribution >= 4 is 83.9 Å². The maximum atomic E-state index is 5.72. The molecule has 4 nitrogen and oxygen atoms in total. The minimum Gasteiger partial charge on any atom is -0.780 e. The molecule has 0 saturated carbocycles. The van der Waals surface area contributed by atoms with Gasteiger partial charge in [-0.05, 0) is 48.5 Å². The first kappa shape index (κ1) is 27.3. The molecule has 1 N–H and O–H groups in total. The van der Waals surface area contributed by atoms with Crippen LogP contribution in [0.15, 0.2) is 137 Å². The summed E-state index contributed by atoms with van der Waals surface area (Å²) < 4.78 is 8.09. The molecule has 0 unspecified atom stereocenters. The normalized spacial score (nSPS) is 11.3. The number of nitrogens with zero attached hydrogens (tertiary/aromatic N) is 2. The summed E-state index contributed by atoms with van der Waals surface area (Å²) in [6.45, 7) is 0. The number of benzene rings is 6. The summed E-state index contributed by atoms with van der Waals surface area (Å²) in [7, 11) is 1.75. The van der Waals surface area contributed by atoms with Crippen molar-refractivity contribution in [3.05, 3.63) is 133 Å². The molecule has 0 amide bonds. The van der Waals surface area contributed by atoms with Gasteiger partial charge in [-0.25, -0.2) is 0 Å². The smallest absolute Gasteiger partial charge is 0.780 e. The second-order valence-corrected chi connectivity index (χ2v) is 10.8. The van der Waals surface area contributed by atoms with Crippen molar-refractivity contribution in [3.8, 4) is 5.69 Å². The first-order chi connectivity index (χ1) is 20.7. The third-order valence-corrected chi connectivity index (χ3v) is 8.45. The van der Waals surface area contributed by atoms with E-state index in [0.717, 1.165) is 32.5 Å². The van der Waals surface area contributed by atoms with E-state index in [0.29, 0.717) is 0 Å². The minimum absolute atomic E-state index is 0. The zero-order valence-electron chi connectivity index (χ0n) is 23.2. The summed E-state index contributed by atoms with van der Waals surface area (Å²) in [5.41, 5.74) is 8.60. The van der Waals surface area contributed by atoms with Crippen molar-refractivity contribution in [2.75, 3.05) is 7.05 Å². The van der Waals surface area contributed by atoms with Crippen LogP contribution in [0.2, 0.25) is 0 Å². The van der Waals surface area contributed by atoms with Gasteiger partial charge < -0.3 is 31.9 Å². The topological polar surface area (TPSA) is 48.0 Å². The van der Waals surface area contributed by atoms with Crippen molar-refractivity contribution < 1.29 is 25.5 Å². The summed E-state index contributed by atoms with van der Waals surface area (Å²) in [6.07, 6.45) is 0. The number of aromatic nitrogens is 2. The number of hydrogen-bond donors (Lipinski definition) is 1. The molecule has 6 aromatic carbocycles. The van der Waals surface area contributed by atoms with Crippen molar-refractivity contribution in [3.63, 3.8) is 0 Å². The Morgan fingerprint density at radius 1 is 0.581 bits per heavy atom. The van der Waals surface area contributed by atoms with Gasteiger partial charge in [0.15, 0.2) is 0 Å². The summed E-state index contributed by atoms with van der Waals surface area (Å²) in [5, 5.41) is 11.4. The molecule has 9 rings (SSSR count).